The van der Waals surface area contributed by atoms with E-state index in [0.29, 0.717) is 12.6 Å². The van der Waals surface area contributed by atoms with Crippen LogP contribution in [0.5, 0.6) is 0 Å². The summed E-state index contributed by atoms with van der Waals surface area (Å²) < 4.78 is 5.12. The van der Waals surface area contributed by atoms with E-state index in [1.165, 1.54) is 0 Å². The summed E-state index contributed by atoms with van der Waals surface area (Å²) in [6, 6.07) is 0.442. The monoisotopic (exact) mass is 174 g/mol. The minimum absolute atomic E-state index is 0.417. The molecule has 0 aromatic heterocycles. The summed E-state index contributed by atoms with van der Waals surface area (Å²) in [5.74, 6) is -0.417. The van der Waals surface area contributed by atoms with Gasteiger partial charge in [0.25, 0.3) is 0 Å². The van der Waals surface area contributed by atoms with Gasteiger partial charge in [0.1, 0.15) is 6.10 Å². The Labute approximate surface area is 73.5 Å². The zero-order chi connectivity index (χ0) is 9.56. The summed E-state index contributed by atoms with van der Waals surface area (Å²) in [6.07, 6.45) is -0.487. The van der Waals surface area contributed by atoms with Gasteiger partial charge in [0.05, 0.1) is 6.61 Å². The standard InChI is InChI=1S/C8H18N2O2/c1-6(2)10-4-5-12-7(3)8(9)11/h6-7,10H,4-5H2,1-3H3,(H2,9,11). The zero-order valence-electron chi connectivity index (χ0n) is 7.96. The molecule has 0 saturated carbocycles. The molecule has 1 atom stereocenters. The van der Waals surface area contributed by atoms with Crippen LogP contribution < -0.4 is 11.1 Å². The van der Waals surface area contributed by atoms with Gasteiger partial charge < -0.3 is 15.8 Å². The Morgan fingerprint density at radius 1 is 1.50 bits per heavy atom. The number of primary amides is 1. The van der Waals surface area contributed by atoms with E-state index < -0.39 is 12.0 Å². The van der Waals surface area contributed by atoms with Crippen molar-refractivity contribution in [1.82, 2.24) is 5.32 Å². The number of carbonyl (C=O) groups excluding carboxylic acids is 1. The SMILES string of the molecule is CC(C)NCCOC(C)C(N)=O. The predicted molar refractivity (Wildman–Crippen MR) is 47.7 cm³/mol. The van der Waals surface area contributed by atoms with Crippen LogP contribution in [0.4, 0.5) is 0 Å². The second-order valence-corrected chi connectivity index (χ2v) is 3.02. The van der Waals surface area contributed by atoms with Gasteiger partial charge in [-0.15, -0.1) is 0 Å². The molecule has 1 unspecified atom stereocenters. The van der Waals surface area contributed by atoms with Crippen LogP contribution in [0.1, 0.15) is 20.8 Å². The minimum Gasteiger partial charge on any atom is -0.367 e. The third-order valence-electron chi connectivity index (χ3n) is 1.42. The molecule has 4 heteroatoms. The van der Waals surface area contributed by atoms with Gasteiger partial charge in [0, 0.05) is 12.6 Å². The van der Waals surface area contributed by atoms with Crippen LogP contribution in [-0.2, 0) is 9.53 Å². The van der Waals surface area contributed by atoms with Crippen molar-refractivity contribution in [2.45, 2.75) is 32.9 Å². The third kappa shape index (κ3) is 6.12. The molecule has 0 aliphatic carbocycles. The number of hydrogen-bond donors (Lipinski definition) is 2. The van der Waals surface area contributed by atoms with Gasteiger partial charge in [-0.25, -0.2) is 0 Å². The van der Waals surface area contributed by atoms with Crippen LogP contribution >= 0.6 is 0 Å². The van der Waals surface area contributed by atoms with Crippen LogP contribution in [0, 0.1) is 0 Å². The molecule has 0 aliphatic heterocycles. The molecule has 12 heavy (non-hydrogen) atoms. The quantitative estimate of drug-likeness (QED) is 0.551. The maximum atomic E-state index is 10.5. The van der Waals surface area contributed by atoms with E-state index in [0.717, 1.165) is 6.54 Å². The van der Waals surface area contributed by atoms with Gasteiger partial charge in [0.2, 0.25) is 5.91 Å². The van der Waals surface area contributed by atoms with Crippen LogP contribution in [0.3, 0.4) is 0 Å². The first-order valence-electron chi connectivity index (χ1n) is 4.18. The van der Waals surface area contributed by atoms with Crippen molar-refractivity contribution in [1.29, 1.82) is 0 Å². The highest BCUT2D eigenvalue weighted by atomic mass is 16.5. The molecule has 0 saturated heterocycles. The molecule has 3 N–H and O–H groups in total. The molecule has 0 aromatic rings. The first-order valence-corrected chi connectivity index (χ1v) is 4.18. The zero-order valence-corrected chi connectivity index (χ0v) is 7.96. The van der Waals surface area contributed by atoms with E-state index in [-0.39, 0.29) is 0 Å². The smallest absolute Gasteiger partial charge is 0.246 e. The molecule has 0 aromatic carbocycles. The fourth-order valence-electron chi connectivity index (χ4n) is 0.665. The summed E-state index contributed by atoms with van der Waals surface area (Å²) in [7, 11) is 0. The average Bonchev–Trinajstić information content (AvgIpc) is 1.97. The number of amides is 1. The molecule has 0 aliphatic rings. The van der Waals surface area contributed by atoms with Gasteiger partial charge in [-0.05, 0) is 6.92 Å². The van der Waals surface area contributed by atoms with E-state index in [4.69, 9.17) is 10.5 Å². The summed E-state index contributed by atoms with van der Waals surface area (Å²) in [5, 5.41) is 3.16. The molecule has 0 fully saturated rings. The molecule has 0 radical (unpaired) electrons. The van der Waals surface area contributed by atoms with Gasteiger partial charge >= 0.3 is 0 Å². The molecule has 72 valence electrons. The van der Waals surface area contributed by atoms with Gasteiger partial charge in [-0.1, -0.05) is 13.8 Å². The van der Waals surface area contributed by atoms with Crippen molar-refractivity contribution in [2.24, 2.45) is 5.73 Å². The Morgan fingerprint density at radius 3 is 2.50 bits per heavy atom. The Bertz CT molecular complexity index is 137. The van der Waals surface area contributed by atoms with Crippen molar-refractivity contribution in [3.63, 3.8) is 0 Å². The third-order valence-corrected chi connectivity index (χ3v) is 1.42. The maximum absolute atomic E-state index is 10.5. The fourth-order valence-corrected chi connectivity index (χ4v) is 0.665. The summed E-state index contributed by atoms with van der Waals surface area (Å²) >= 11 is 0. The number of rotatable bonds is 6. The van der Waals surface area contributed by atoms with Crippen molar-refractivity contribution in [3.8, 4) is 0 Å². The second-order valence-electron chi connectivity index (χ2n) is 3.02. The number of ether oxygens (including phenoxy) is 1. The number of nitrogens with two attached hydrogens (primary N) is 1. The van der Waals surface area contributed by atoms with E-state index in [1.54, 1.807) is 6.92 Å². The van der Waals surface area contributed by atoms with Gasteiger partial charge in [-0.2, -0.15) is 0 Å². The first kappa shape index (κ1) is 11.4. The lowest BCUT2D eigenvalue weighted by atomic mass is 10.4. The lowest BCUT2D eigenvalue weighted by molar-refractivity contribution is -0.128. The van der Waals surface area contributed by atoms with E-state index >= 15 is 0 Å². The van der Waals surface area contributed by atoms with E-state index in [9.17, 15) is 4.79 Å². The Kier molecular flexibility index (Phi) is 5.66. The fraction of sp³-hybridized carbons (Fsp3) is 0.875. The predicted octanol–water partition coefficient (Wildman–Crippen LogP) is -0.125. The average molecular weight is 174 g/mol. The topological polar surface area (TPSA) is 64.3 Å². The lowest BCUT2D eigenvalue weighted by Gasteiger charge is -2.11. The molecule has 0 spiro atoms. The van der Waals surface area contributed by atoms with Crippen molar-refractivity contribution in [2.75, 3.05) is 13.2 Å². The second kappa shape index (κ2) is 5.97. The summed E-state index contributed by atoms with van der Waals surface area (Å²) in [5.41, 5.74) is 4.99. The molecular weight excluding hydrogens is 156 g/mol. The highest BCUT2D eigenvalue weighted by molar-refractivity contribution is 5.78. The largest absolute Gasteiger partial charge is 0.367 e. The number of nitrogens with one attached hydrogen (secondary N) is 1. The number of hydrogen-bond acceptors (Lipinski definition) is 3. The van der Waals surface area contributed by atoms with Crippen LogP contribution in [0.15, 0.2) is 0 Å². The highest BCUT2D eigenvalue weighted by Gasteiger charge is 2.07. The molecule has 0 bridgehead atoms. The molecular formula is C8H18N2O2. The summed E-state index contributed by atoms with van der Waals surface area (Å²) in [6.45, 7) is 7.02. The Morgan fingerprint density at radius 2 is 2.08 bits per heavy atom. The van der Waals surface area contributed by atoms with Crippen LogP contribution in [0.25, 0.3) is 0 Å². The Balaban J connectivity index is 3.25. The minimum atomic E-state index is -0.487. The molecule has 4 nitrogen and oxygen atoms in total. The van der Waals surface area contributed by atoms with Crippen molar-refractivity contribution in [3.05, 3.63) is 0 Å². The van der Waals surface area contributed by atoms with Gasteiger partial charge in [-0.3, -0.25) is 4.79 Å². The lowest BCUT2D eigenvalue weighted by Crippen LogP contribution is -2.32. The highest BCUT2D eigenvalue weighted by Crippen LogP contribution is 1.87. The van der Waals surface area contributed by atoms with Crippen molar-refractivity contribution >= 4 is 5.91 Å². The van der Waals surface area contributed by atoms with E-state index in [2.05, 4.69) is 19.2 Å². The van der Waals surface area contributed by atoms with Gasteiger partial charge in [0.15, 0.2) is 0 Å². The van der Waals surface area contributed by atoms with Crippen LogP contribution in [-0.4, -0.2) is 31.2 Å². The van der Waals surface area contributed by atoms with Crippen molar-refractivity contribution < 1.29 is 9.53 Å². The number of carbonyl (C=O) groups is 1. The summed E-state index contributed by atoms with van der Waals surface area (Å²) in [4.78, 5) is 10.5. The normalized spacial score (nSPS) is 13.3. The first-order chi connectivity index (χ1) is 5.54. The maximum Gasteiger partial charge on any atom is 0.246 e. The molecule has 0 rings (SSSR count). The molecule has 1 amide bonds. The Hall–Kier alpha value is -0.610. The van der Waals surface area contributed by atoms with Crippen LogP contribution in [0.2, 0.25) is 0 Å². The molecule has 0 heterocycles. The van der Waals surface area contributed by atoms with E-state index in [1.807, 2.05) is 0 Å².